The minimum absolute atomic E-state index is 0.0516. The van der Waals surface area contributed by atoms with E-state index in [9.17, 15) is 4.39 Å². The maximum absolute atomic E-state index is 13.2. The van der Waals surface area contributed by atoms with E-state index in [2.05, 4.69) is 0 Å². The van der Waals surface area contributed by atoms with Crippen LogP contribution in [-0.2, 0) is 0 Å². The van der Waals surface area contributed by atoms with Crippen LogP contribution in [0.5, 0.6) is 5.75 Å². The maximum Gasteiger partial charge on any atom is 0.131 e. The minimum Gasteiger partial charge on any atom is -0.508 e. The molecule has 1 aromatic rings. The molecule has 1 saturated carbocycles. The van der Waals surface area contributed by atoms with Crippen molar-refractivity contribution >= 4 is 0 Å². The summed E-state index contributed by atoms with van der Waals surface area (Å²) in [5.41, 5.74) is 6.34. The molecule has 1 aliphatic carbocycles. The molecule has 2 rings (SSSR count). The fraction of sp³-hybridized carbons (Fsp3) is 0.400. The van der Waals surface area contributed by atoms with Crippen LogP contribution in [0.15, 0.2) is 18.2 Å². The van der Waals surface area contributed by atoms with E-state index in [1.165, 1.54) is 6.07 Å². The van der Waals surface area contributed by atoms with Crippen molar-refractivity contribution in [3.63, 3.8) is 0 Å². The predicted octanol–water partition coefficient (Wildman–Crippen LogP) is 1.94. The van der Waals surface area contributed by atoms with E-state index in [1.54, 1.807) is 6.07 Å². The van der Waals surface area contributed by atoms with Gasteiger partial charge in [0.1, 0.15) is 11.6 Å². The lowest BCUT2D eigenvalue weighted by Crippen LogP contribution is -2.13. The topological polar surface area (TPSA) is 46.2 Å². The van der Waals surface area contributed by atoms with Gasteiger partial charge in [-0.15, -0.1) is 0 Å². The second kappa shape index (κ2) is 3.00. The van der Waals surface area contributed by atoms with E-state index in [1.807, 2.05) is 0 Å². The Morgan fingerprint density at radius 2 is 2.15 bits per heavy atom. The van der Waals surface area contributed by atoms with Crippen molar-refractivity contribution in [3.8, 4) is 5.75 Å². The summed E-state index contributed by atoms with van der Waals surface area (Å²) in [6, 6.07) is 3.94. The van der Waals surface area contributed by atoms with Gasteiger partial charge in [-0.05, 0) is 24.8 Å². The number of phenolic OH excluding ortho intramolecular Hbond substituents is 1. The lowest BCUT2D eigenvalue weighted by molar-refractivity contribution is 0.465. The quantitative estimate of drug-likeness (QED) is 0.732. The molecule has 0 radical (unpaired) electrons. The average molecular weight is 181 g/mol. The van der Waals surface area contributed by atoms with Gasteiger partial charge in [-0.25, -0.2) is 4.39 Å². The Balaban J connectivity index is 2.28. The summed E-state index contributed by atoms with van der Waals surface area (Å²) < 4.78 is 13.2. The Kier molecular flexibility index (Phi) is 1.96. The number of benzene rings is 1. The molecule has 0 bridgehead atoms. The molecule has 1 unspecified atom stereocenters. The van der Waals surface area contributed by atoms with Crippen LogP contribution in [0.3, 0.4) is 0 Å². The highest BCUT2D eigenvalue weighted by molar-refractivity contribution is 5.30. The van der Waals surface area contributed by atoms with Gasteiger partial charge in [-0.1, -0.05) is 6.07 Å². The molecule has 70 valence electrons. The van der Waals surface area contributed by atoms with Gasteiger partial charge in [0, 0.05) is 17.7 Å². The van der Waals surface area contributed by atoms with Crippen LogP contribution in [0.2, 0.25) is 0 Å². The summed E-state index contributed by atoms with van der Waals surface area (Å²) in [5.74, 6) is -0.0253. The number of hydrogen-bond donors (Lipinski definition) is 2. The summed E-state index contributed by atoms with van der Waals surface area (Å²) in [7, 11) is 0. The van der Waals surface area contributed by atoms with Gasteiger partial charge in [-0.3, -0.25) is 0 Å². The Labute approximate surface area is 76.2 Å². The molecule has 1 fully saturated rings. The molecule has 3 heteroatoms. The maximum atomic E-state index is 13.2. The number of halogens is 1. The summed E-state index contributed by atoms with van der Waals surface area (Å²) in [5, 5.41) is 8.99. The van der Waals surface area contributed by atoms with Gasteiger partial charge in [0.2, 0.25) is 0 Å². The summed E-state index contributed by atoms with van der Waals surface area (Å²) >= 11 is 0. The predicted molar refractivity (Wildman–Crippen MR) is 47.7 cm³/mol. The first kappa shape index (κ1) is 8.51. The molecule has 2 nitrogen and oxygen atoms in total. The van der Waals surface area contributed by atoms with Crippen LogP contribution in [0, 0.1) is 11.7 Å². The Hall–Kier alpha value is -1.09. The molecule has 1 aromatic carbocycles. The van der Waals surface area contributed by atoms with Crippen molar-refractivity contribution < 1.29 is 9.50 Å². The van der Waals surface area contributed by atoms with Crippen molar-refractivity contribution in [2.24, 2.45) is 11.7 Å². The third kappa shape index (κ3) is 1.65. The number of rotatable bonds is 2. The first-order valence-corrected chi connectivity index (χ1v) is 4.42. The van der Waals surface area contributed by atoms with Gasteiger partial charge >= 0.3 is 0 Å². The molecule has 3 N–H and O–H groups in total. The number of aromatic hydroxyl groups is 1. The summed E-state index contributed by atoms with van der Waals surface area (Å²) in [6.07, 6.45) is 2.17. The van der Waals surface area contributed by atoms with Gasteiger partial charge in [0.05, 0.1) is 0 Å². The summed E-state index contributed by atoms with van der Waals surface area (Å²) in [4.78, 5) is 0. The minimum atomic E-state index is -0.403. The van der Waals surface area contributed by atoms with E-state index >= 15 is 0 Å². The molecular formula is C10H12FNO. The SMILES string of the molecule is NC(c1ccc(O)cc1F)C1CC1. The normalized spacial score (nSPS) is 18.6. The van der Waals surface area contributed by atoms with Crippen LogP contribution in [0.1, 0.15) is 24.4 Å². The Morgan fingerprint density at radius 1 is 1.46 bits per heavy atom. The number of nitrogens with two attached hydrogens (primary N) is 1. The number of phenols is 1. The molecule has 13 heavy (non-hydrogen) atoms. The molecule has 0 aliphatic heterocycles. The lowest BCUT2D eigenvalue weighted by Gasteiger charge is -2.11. The van der Waals surface area contributed by atoms with Crippen molar-refractivity contribution in [1.29, 1.82) is 0 Å². The van der Waals surface area contributed by atoms with Gasteiger partial charge < -0.3 is 10.8 Å². The molecule has 0 heterocycles. The van der Waals surface area contributed by atoms with E-state index in [4.69, 9.17) is 10.8 Å². The fourth-order valence-electron chi connectivity index (χ4n) is 1.50. The van der Waals surface area contributed by atoms with Crippen LogP contribution < -0.4 is 5.73 Å². The monoisotopic (exact) mass is 181 g/mol. The van der Waals surface area contributed by atoms with Crippen molar-refractivity contribution in [2.45, 2.75) is 18.9 Å². The highest BCUT2D eigenvalue weighted by Crippen LogP contribution is 2.40. The van der Waals surface area contributed by atoms with Gasteiger partial charge in [-0.2, -0.15) is 0 Å². The molecule has 0 saturated heterocycles. The lowest BCUT2D eigenvalue weighted by atomic mass is 10.0. The molecular weight excluding hydrogens is 169 g/mol. The Morgan fingerprint density at radius 3 is 2.69 bits per heavy atom. The first-order chi connectivity index (χ1) is 6.18. The second-order valence-corrected chi connectivity index (χ2v) is 3.57. The highest BCUT2D eigenvalue weighted by Gasteiger charge is 2.30. The first-order valence-electron chi connectivity index (χ1n) is 4.42. The van der Waals surface area contributed by atoms with Gasteiger partial charge in [0.15, 0.2) is 0 Å². The second-order valence-electron chi connectivity index (χ2n) is 3.57. The smallest absolute Gasteiger partial charge is 0.131 e. The van der Waals surface area contributed by atoms with E-state index in [0.717, 1.165) is 18.9 Å². The average Bonchev–Trinajstić information content (AvgIpc) is 2.85. The zero-order valence-electron chi connectivity index (χ0n) is 7.20. The third-order valence-corrected chi connectivity index (χ3v) is 2.47. The zero-order chi connectivity index (χ0) is 9.42. The molecule has 1 aliphatic rings. The van der Waals surface area contributed by atoms with Crippen molar-refractivity contribution in [1.82, 2.24) is 0 Å². The largest absolute Gasteiger partial charge is 0.508 e. The Bertz CT molecular complexity index is 323. The van der Waals surface area contributed by atoms with Crippen molar-refractivity contribution in [2.75, 3.05) is 0 Å². The standard InChI is InChI=1S/C10H12FNO/c11-9-5-7(13)3-4-8(9)10(12)6-1-2-6/h3-6,10,13H,1-2,12H2. The zero-order valence-corrected chi connectivity index (χ0v) is 7.20. The molecule has 0 aromatic heterocycles. The summed E-state index contributed by atoms with van der Waals surface area (Å²) in [6.45, 7) is 0. The number of hydrogen-bond acceptors (Lipinski definition) is 2. The van der Waals surface area contributed by atoms with Crippen molar-refractivity contribution in [3.05, 3.63) is 29.6 Å². The molecule has 0 spiro atoms. The highest BCUT2D eigenvalue weighted by atomic mass is 19.1. The van der Waals surface area contributed by atoms with Crippen LogP contribution in [0.4, 0.5) is 4.39 Å². The van der Waals surface area contributed by atoms with Gasteiger partial charge in [0.25, 0.3) is 0 Å². The van der Waals surface area contributed by atoms with Crippen LogP contribution >= 0.6 is 0 Å². The third-order valence-electron chi connectivity index (χ3n) is 2.47. The fourth-order valence-corrected chi connectivity index (χ4v) is 1.50. The van der Waals surface area contributed by atoms with Crippen LogP contribution in [0.25, 0.3) is 0 Å². The molecule has 0 amide bonds. The van der Waals surface area contributed by atoms with E-state index in [-0.39, 0.29) is 11.8 Å². The van der Waals surface area contributed by atoms with E-state index in [0.29, 0.717) is 11.5 Å². The van der Waals surface area contributed by atoms with E-state index < -0.39 is 5.82 Å². The van der Waals surface area contributed by atoms with Crippen LogP contribution in [-0.4, -0.2) is 5.11 Å². The molecule has 1 atom stereocenters.